The van der Waals surface area contributed by atoms with E-state index >= 15 is 0 Å². The van der Waals surface area contributed by atoms with Gasteiger partial charge in [-0.3, -0.25) is 4.90 Å². The molecule has 0 bridgehead atoms. The Morgan fingerprint density at radius 2 is 1.70 bits per heavy atom. The summed E-state index contributed by atoms with van der Waals surface area (Å²) in [6, 6.07) is 19.0. The number of rotatable bonds is 3. The molecule has 0 saturated carbocycles. The molecule has 1 atom stereocenters. The zero-order chi connectivity index (χ0) is 15.7. The highest BCUT2D eigenvalue weighted by Gasteiger charge is 2.46. The van der Waals surface area contributed by atoms with Crippen molar-refractivity contribution in [3.8, 4) is 0 Å². The summed E-state index contributed by atoms with van der Waals surface area (Å²) in [5.41, 5.74) is 3.63. The first-order valence-corrected chi connectivity index (χ1v) is 8.45. The lowest BCUT2D eigenvalue weighted by Gasteiger charge is -2.39. The van der Waals surface area contributed by atoms with Crippen molar-refractivity contribution >= 4 is 0 Å². The maximum atomic E-state index is 9.64. The van der Waals surface area contributed by atoms with Crippen LogP contribution in [0.15, 0.2) is 54.6 Å². The van der Waals surface area contributed by atoms with Crippen molar-refractivity contribution < 1.29 is 9.84 Å². The molecule has 0 radical (unpaired) electrons. The molecule has 1 saturated heterocycles. The molecule has 1 spiro atoms. The summed E-state index contributed by atoms with van der Waals surface area (Å²) in [6.45, 7) is 3.12. The van der Waals surface area contributed by atoms with Crippen molar-refractivity contribution in [2.45, 2.75) is 31.1 Å². The van der Waals surface area contributed by atoms with E-state index in [1.165, 1.54) is 16.7 Å². The smallest absolute Gasteiger partial charge is 0.107 e. The Hall–Kier alpha value is -1.68. The minimum Gasteiger partial charge on any atom is -0.393 e. The molecule has 3 nitrogen and oxygen atoms in total. The van der Waals surface area contributed by atoms with Crippen LogP contribution < -0.4 is 0 Å². The predicted octanol–water partition coefficient (Wildman–Crippen LogP) is 3.24. The zero-order valence-corrected chi connectivity index (χ0v) is 13.3. The maximum Gasteiger partial charge on any atom is 0.107 e. The Morgan fingerprint density at radius 3 is 2.43 bits per heavy atom. The number of piperidine rings is 1. The molecule has 0 aromatic heterocycles. The third-order valence-corrected chi connectivity index (χ3v) is 5.24. The molecule has 0 aliphatic carbocycles. The van der Waals surface area contributed by atoms with Gasteiger partial charge in [0.2, 0.25) is 0 Å². The van der Waals surface area contributed by atoms with Gasteiger partial charge >= 0.3 is 0 Å². The highest BCUT2D eigenvalue weighted by molar-refractivity contribution is 5.38. The molecule has 2 aromatic carbocycles. The number of benzene rings is 2. The van der Waals surface area contributed by atoms with E-state index in [9.17, 15) is 5.11 Å². The van der Waals surface area contributed by atoms with E-state index < -0.39 is 0 Å². The summed E-state index contributed by atoms with van der Waals surface area (Å²) in [5.74, 6) is 0. The molecule has 4 rings (SSSR count). The second kappa shape index (κ2) is 6.08. The van der Waals surface area contributed by atoms with Crippen molar-refractivity contribution in [2.24, 2.45) is 0 Å². The number of aliphatic hydroxyl groups is 1. The van der Waals surface area contributed by atoms with E-state index in [-0.39, 0.29) is 18.3 Å². The summed E-state index contributed by atoms with van der Waals surface area (Å²) >= 11 is 0. The highest BCUT2D eigenvalue weighted by Crippen LogP contribution is 2.49. The topological polar surface area (TPSA) is 32.7 Å². The van der Waals surface area contributed by atoms with Gasteiger partial charge in [0, 0.05) is 19.6 Å². The normalized spacial score (nSPS) is 23.1. The first-order chi connectivity index (χ1) is 11.3. The first kappa shape index (κ1) is 14.9. The Kier molecular flexibility index (Phi) is 3.93. The fraction of sp³-hybridized carbons (Fsp3) is 0.400. The second-order valence-electron chi connectivity index (χ2n) is 6.63. The van der Waals surface area contributed by atoms with E-state index in [1.54, 1.807) is 0 Å². The average molecular weight is 309 g/mol. The molecule has 0 unspecified atom stereocenters. The van der Waals surface area contributed by atoms with Gasteiger partial charge in [-0.25, -0.2) is 0 Å². The number of aliphatic hydroxyl groups excluding tert-OH is 1. The molecule has 2 aliphatic heterocycles. The van der Waals surface area contributed by atoms with E-state index in [0.717, 1.165) is 32.5 Å². The van der Waals surface area contributed by atoms with Crippen molar-refractivity contribution in [2.75, 3.05) is 19.7 Å². The van der Waals surface area contributed by atoms with Gasteiger partial charge in [-0.05, 0) is 29.5 Å². The molecular formula is C20H23NO2. The van der Waals surface area contributed by atoms with E-state index in [0.29, 0.717) is 0 Å². The van der Waals surface area contributed by atoms with Crippen LogP contribution in [0.3, 0.4) is 0 Å². The van der Waals surface area contributed by atoms with Crippen LogP contribution in [0.4, 0.5) is 0 Å². The van der Waals surface area contributed by atoms with Crippen LogP contribution in [0.2, 0.25) is 0 Å². The fourth-order valence-electron chi connectivity index (χ4n) is 4.03. The average Bonchev–Trinajstić information content (AvgIpc) is 2.92. The number of hydrogen-bond donors (Lipinski definition) is 1. The second-order valence-corrected chi connectivity index (χ2v) is 6.63. The van der Waals surface area contributed by atoms with Gasteiger partial charge in [0.25, 0.3) is 0 Å². The van der Waals surface area contributed by atoms with E-state index in [4.69, 9.17) is 4.74 Å². The van der Waals surface area contributed by atoms with Crippen molar-refractivity contribution in [3.63, 3.8) is 0 Å². The Balaban J connectivity index is 1.49. The van der Waals surface area contributed by atoms with Gasteiger partial charge < -0.3 is 9.84 Å². The van der Waals surface area contributed by atoms with Crippen LogP contribution in [-0.4, -0.2) is 29.7 Å². The molecule has 2 aromatic rings. The van der Waals surface area contributed by atoms with E-state index in [1.807, 2.05) is 6.07 Å². The standard InChI is InChI=1S/C20H23NO2/c22-15-19-17-8-4-5-9-18(17)20(23-19)10-12-21(13-11-20)14-16-6-2-1-3-7-16/h1-9,19,22H,10-15H2/t19-/m1/s1. The van der Waals surface area contributed by atoms with E-state index in [2.05, 4.69) is 53.4 Å². The number of likely N-dealkylation sites (tertiary alicyclic amines) is 1. The largest absolute Gasteiger partial charge is 0.393 e. The zero-order valence-electron chi connectivity index (χ0n) is 13.3. The van der Waals surface area contributed by atoms with Crippen molar-refractivity contribution in [1.82, 2.24) is 4.90 Å². The van der Waals surface area contributed by atoms with Gasteiger partial charge in [0.1, 0.15) is 6.10 Å². The van der Waals surface area contributed by atoms with Crippen molar-refractivity contribution in [1.29, 1.82) is 0 Å². The lowest BCUT2D eigenvalue weighted by Crippen LogP contribution is -2.42. The van der Waals surface area contributed by atoms with Crippen LogP contribution in [0.5, 0.6) is 0 Å². The maximum absolute atomic E-state index is 9.64. The van der Waals surface area contributed by atoms with Crippen LogP contribution >= 0.6 is 0 Å². The fourth-order valence-corrected chi connectivity index (χ4v) is 4.03. The molecule has 1 N–H and O–H groups in total. The summed E-state index contributed by atoms with van der Waals surface area (Å²) in [4.78, 5) is 2.50. The Bertz CT molecular complexity index is 662. The predicted molar refractivity (Wildman–Crippen MR) is 90.0 cm³/mol. The van der Waals surface area contributed by atoms with Gasteiger partial charge in [0.15, 0.2) is 0 Å². The number of hydrogen-bond acceptors (Lipinski definition) is 3. The monoisotopic (exact) mass is 309 g/mol. The Morgan fingerprint density at radius 1 is 1.00 bits per heavy atom. The molecule has 2 aliphatic rings. The van der Waals surface area contributed by atoms with Crippen LogP contribution in [0, 0.1) is 0 Å². The van der Waals surface area contributed by atoms with Crippen LogP contribution in [0.1, 0.15) is 35.6 Å². The summed E-state index contributed by atoms with van der Waals surface area (Å²) in [7, 11) is 0. The summed E-state index contributed by atoms with van der Waals surface area (Å²) in [6.07, 6.45) is 1.83. The quantitative estimate of drug-likeness (QED) is 0.945. The highest BCUT2D eigenvalue weighted by atomic mass is 16.5. The molecule has 3 heteroatoms. The molecule has 120 valence electrons. The Labute approximate surface area is 137 Å². The number of ether oxygens (including phenoxy) is 1. The number of nitrogens with zero attached hydrogens (tertiary/aromatic N) is 1. The van der Waals surface area contributed by atoms with Gasteiger partial charge in [-0.2, -0.15) is 0 Å². The molecule has 1 fully saturated rings. The minimum atomic E-state index is -0.197. The SMILES string of the molecule is OC[C@H]1OC2(CCN(Cc3ccccc3)CC2)c2ccccc21. The summed E-state index contributed by atoms with van der Waals surface area (Å²) in [5, 5.41) is 9.64. The van der Waals surface area contributed by atoms with Gasteiger partial charge in [-0.1, -0.05) is 54.6 Å². The van der Waals surface area contributed by atoms with Gasteiger partial charge in [-0.15, -0.1) is 0 Å². The van der Waals surface area contributed by atoms with Gasteiger partial charge in [0.05, 0.1) is 12.2 Å². The van der Waals surface area contributed by atoms with Crippen LogP contribution in [-0.2, 0) is 16.9 Å². The molecule has 23 heavy (non-hydrogen) atoms. The third-order valence-electron chi connectivity index (χ3n) is 5.24. The van der Waals surface area contributed by atoms with Crippen molar-refractivity contribution in [3.05, 3.63) is 71.3 Å². The van der Waals surface area contributed by atoms with Crippen LogP contribution in [0.25, 0.3) is 0 Å². The molecular weight excluding hydrogens is 286 g/mol. The third kappa shape index (κ3) is 2.69. The number of fused-ring (bicyclic) bond motifs is 2. The lowest BCUT2D eigenvalue weighted by molar-refractivity contribution is -0.122. The molecule has 2 heterocycles. The molecule has 0 amide bonds. The lowest BCUT2D eigenvalue weighted by atomic mass is 9.83. The minimum absolute atomic E-state index is 0.0620. The first-order valence-electron chi connectivity index (χ1n) is 8.45. The summed E-state index contributed by atoms with van der Waals surface area (Å²) < 4.78 is 6.33.